The predicted molar refractivity (Wildman–Crippen MR) is 111 cm³/mol. The zero-order valence-electron chi connectivity index (χ0n) is 15.3. The molecular weight excluding hydrogens is 469 g/mol. The Kier molecular flexibility index (Phi) is 5.90. The molecule has 0 aromatic carbocycles. The van der Waals surface area contributed by atoms with Gasteiger partial charge in [0.05, 0.1) is 21.7 Å². The maximum atomic E-state index is 15.3. The van der Waals surface area contributed by atoms with Crippen LogP contribution in [0.25, 0.3) is 10.6 Å². The van der Waals surface area contributed by atoms with Gasteiger partial charge in [0.25, 0.3) is 0 Å². The van der Waals surface area contributed by atoms with Gasteiger partial charge in [0, 0.05) is 6.04 Å². The van der Waals surface area contributed by atoms with Gasteiger partial charge >= 0.3 is 5.97 Å². The van der Waals surface area contributed by atoms with E-state index in [1.54, 1.807) is 19.1 Å². The number of ether oxygens (including phenoxy) is 1. The number of aromatic nitrogens is 2. The SMILES string of the molecule is CCOC(=O)[C@H]1C2CCC(CC2)[C@@H]1Nc1nc(Br)nc(-c2ccc(Cl)s2)c1F. The number of nitrogens with one attached hydrogen (secondary N) is 1. The number of rotatable bonds is 5. The molecule has 0 radical (unpaired) electrons. The van der Waals surface area contributed by atoms with E-state index >= 15 is 4.39 Å². The molecule has 150 valence electrons. The second kappa shape index (κ2) is 8.24. The third kappa shape index (κ3) is 3.78. The molecule has 0 unspecified atom stereocenters. The van der Waals surface area contributed by atoms with E-state index in [1.165, 1.54) is 11.3 Å². The monoisotopic (exact) mass is 487 g/mol. The molecular formula is C19H20BrClFN3O2S. The van der Waals surface area contributed by atoms with E-state index in [1.807, 2.05) is 0 Å². The van der Waals surface area contributed by atoms with Gasteiger partial charge in [-0.05, 0) is 72.5 Å². The molecule has 0 spiro atoms. The summed E-state index contributed by atoms with van der Waals surface area (Å²) in [7, 11) is 0. The summed E-state index contributed by atoms with van der Waals surface area (Å²) in [5.74, 6) is -0.343. The third-order valence-electron chi connectivity index (χ3n) is 5.71. The van der Waals surface area contributed by atoms with Crippen LogP contribution in [0.3, 0.4) is 0 Å². The van der Waals surface area contributed by atoms with Crippen LogP contribution < -0.4 is 5.32 Å². The molecule has 3 saturated carbocycles. The van der Waals surface area contributed by atoms with Crippen LogP contribution in [0.2, 0.25) is 4.34 Å². The molecule has 0 aliphatic heterocycles. The fourth-order valence-electron chi connectivity index (χ4n) is 4.51. The van der Waals surface area contributed by atoms with Crippen LogP contribution in [0.1, 0.15) is 32.6 Å². The van der Waals surface area contributed by atoms with Crippen molar-refractivity contribution in [3.8, 4) is 10.6 Å². The molecule has 3 aliphatic carbocycles. The zero-order chi connectivity index (χ0) is 19.8. The Hall–Kier alpha value is -1.25. The second-order valence-corrected chi connectivity index (χ2v) is 9.65. The van der Waals surface area contributed by atoms with E-state index in [2.05, 4.69) is 31.2 Å². The van der Waals surface area contributed by atoms with Gasteiger partial charge < -0.3 is 10.1 Å². The van der Waals surface area contributed by atoms with E-state index in [9.17, 15) is 4.79 Å². The van der Waals surface area contributed by atoms with Crippen molar-refractivity contribution in [1.29, 1.82) is 0 Å². The number of hydrogen-bond acceptors (Lipinski definition) is 6. The van der Waals surface area contributed by atoms with Crippen molar-refractivity contribution in [2.24, 2.45) is 17.8 Å². The number of hydrogen-bond donors (Lipinski definition) is 1. The Labute approximate surface area is 180 Å². The Morgan fingerprint density at radius 1 is 1.32 bits per heavy atom. The van der Waals surface area contributed by atoms with Gasteiger partial charge in [0.1, 0.15) is 5.69 Å². The first-order chi connectivity index (χ1) is 13.5. The van der Waals surface area contributed by atoms with Crippen molar-refractivity contribution in [3.63, 3.8) is 0 Å². The molecule has 2 aromatic rings. The molecule has 1 N–H and O–H groups in total. The van der Waals surface area contributed by atoms with Gasteiger partial charge in [-0.25, -0.2) is 14.4 Å². The number of thiophene rings is 1. The van der Waals surface area contributed by atoms with Crippen LogP contribution in [-0.4, -0.2) is 28.6 Å². The summed E-state index contributed by atoms with van der Waals surface area (Å²) >= 11 is 10.5. The summed E-state index contributed by atoms with van der Waals surface area (Å²) in [6.45, 7) is 2.15. The van der Waals surface area contributed by atoms with Crippen LogP contribution >= 0.6 is 38.9 Å². The molecule has 0 amide bonds. The van der Waals surface area contributed by atoms with E-state index in [0.717, 1.165) is 25.7 Å². The second-order valence-electron chi connectivity index (χ2n) is 7.23. The van der Waals surface area contributed by atoms with Gasteiger partial charge in [0.2, 0.25) is 0 Å². The highest BCUT2D eigenvalue weighted by molar-refractivity contribution is 9.10. The third-order valence-corrected chi connectivity index (χ3v) is 7.30. The summed E-state index contributed by atoms with van der Waals surface area (Å²) in [4.78, 5) is 21.7. The van der Waals surface area contributed by atoms with Crippen LogP contribution in [0, 0.1) is 23.6 Å². The van der Waals surface area contributed by atoms with Crippen LogP contribution in [0.15, 0.2) is 16.9 Å². The standard InChI is InChI=1S/C19H20BrClFN3O2S/c1-2-27-18(26)13-9-3-5-10(6-4-9)15(13)23-17-14(22)16(24-19(20)25-17)11-7-8-12(21)28-11/h7-10,13,15H,2-6H2,1H3,(H,23,24,25)/t9?,10?,13-,15-/m0/s1. The van der Waals surface area contributed by atoms with E-state index in [-0.39, 0.29) is 40.1 Å². The van der Waals surface area contributed by atoms with Crippen molar-refractivity contribution in [2.75, 3.05) is 11.9 Å². The Balaban J connectivity index is 1.67. The lowest BCUT2D eigenvalue weighted by Gasteiger charge is -2.47. The topological polar surface area (TPSA) is 64.1 Å². The van der Waals surface area contributed by atoms with Crippen molar-refractivity contribution >= 4 is 50.7 Å². The van der Waals surface area contributed by atoms with Crippen LogP contribution in [-0.2, 0) is 9.53 Å². The highest BCUT2D eigenvalue weighted by Crippen LogP contribution is 2.47. The van der Waals surface area contributed by atoms with Crippen LogP contribution in [0.4, 0.5) is 10.2 Å². The zero-order valence-corrected chi connectivity index (χ0v) is 18.4. The molecule has 5 nitrogen and oxygen atoms in total. The summed E-state index contributed by atoms with van der Waals surface area (Å²) in [6.07, 6.45) is 4.08. The van der Waals surface area contributed by atoms with Gasteiger partial charge in [0.15, 0.2) is 16.4 Å². The quantitative estimate of drug-likeness (QED) is 0.442. The van der Waals surface area contributed by atoms with E-state index < -0.39 is 5.82 Å². The van der Waals surface area contributed by atoms with E-state index in [4.69, 9.17) is 16.3 Å². The Morgan fingerprint density at radius 2 is 2.04 bits per heavy atom. The lowest BCUT2D eigenvalue weighted by atomic mass is 9.61. The first-order valence-corrected chi connectivity index (χ1v) is 11.4. The minimum atomic E-state index is -0.536. The molecule has 9 heteroatoms. The van der Waals surface area contributed by atoms with Crippen molar-refractivity contribution in [2.45, 2.75) is 38.6 Å². The molecule has 2 heterocycles. The molecule has 2 aromatic heterocycles. The van der Waals surface area contributed by atoms with Crippen LogP contribution in [0.5, 0.6) is 0 Å². The minimum absolute atomic E-state index is 0.105. The van der Waals surface area contributed by atoms with Crippen molar-refractivity contribution in [3.05, 3.63) is 27.0 Å². The summed E-state index contributed by atoms with van der Waals surface area (Å²) in [5, 5.41) is 3.24. The first-order valence-electron chi connectivity index (χ1n) is 9.39. The molecule has 5 rings (SSSR count). The van der Waals surface area contributed by atoms with Gasteiger partial charge in [-0.1, -0.05) is 11.6 Å². The van der Waals surface area contributed by atoms with Crippen molar-refractivity contribution in [1.82, 2.24) is 9.97 Å². The summed E-state index contributed by atoms with van der Waals surface area (Å²) in [5.41, 5.74) is 0.190. The Bertz CT molecular complexity index is 888. The lowest BCUT2D eigenvalue weighted by molar-refractivity contribution is -0.154. The predicted octanol–water partition coefficient (Wildman–Crippen LogP) is 5.54. The smallest absolute Gasteiger partial charge is 0.311 e. The molecule has 28 heavy (non-hydrogen) atoms. The average molecular weight is 489 g/mol. The fraction of sp³-hybridized carbons (Fsp3) is 0.526. The molecule has 2 bridgehead atoms. The average Bonchev–Trinajstić information content (AvgIpc) is 3.11. The highest BCUT2D eigenvalue weighted by Gasteiger charge is 2.48. The van der Waals surface area contributed by atoms with Gasteiger partial charge in [-0.15, -0.1) is 11.3 Å². The molecule has 0 saturated heterocycles. The van der Waals surface area contributed by atoms with Gasteiger partial charge in [-0.3, -0.25) is 4.79 Å². The normalized spacial score (nSPS) is 26.3. The van der Waals surface area contributed by atoms with Crippen molar-refractivity contribution < 1.29 is 13.9 Å². The number of fused-ring (bicyclic) bond motifs is 3. The first kappa shape index (κ1) is 20.0. The van der Waals surface area contributed by atoms with E-state index in [0.29, 0.717) is 21.7 Å². The number of carbonyl (C=O) groups excluding carboxylic acids is 1. The highest BCUT2D eigenvalue weighted by atomic mass is 79.9. The number of nitrogens with zero attached hydrogens (tertiary/aromatic N) is 2. The maximum absolute atomic E-state index is 15.3. The number of halogens is 3. The lowest BCUT2D eigenvalue weighted by Crippen LogP contribution is -2.52. The molecule has 3 fully saturated rings. The minimum Gasteiger partial charge on any atom is -0.466 e. The summed E-state index contributed by atoms with van der Waals surface area (Å²) in [6, 6.07) is 3.25. The maximum Gasteiger partial charge on any atom is 0.311 e. The number of esters is 1. The molecule has 3 aliphatic rings. The molecule has 2 atom stereocenters. The fourth-order valence-corrected chi connectivity index (χ4v) is 5.89. The van der Waals surface area contributed by atoms with Gasteiger partial charge in [-0.2, -0.15) is 0 Å². The Morgan fingerprint density at radius 3 is 2.68 bits per heavy atom. The number of anilines is 1. The largest absolute Gasteiger partial charge is 0.466 e. The number of carbonyl (C=O) groups is 1. The summed E-state index contributed by atoms with van der Waals surface area (Å²) < 4.78 is 21.4.